The van der Waals surface area contributed by atoms with Crippen molar-refractivity contribution in [3.63, 3.8) is 0 Å². The maximum Gasteiger partial charge on any atom is 0.365 e. The summed E-state index contributed by atoms with van der Waals surface area (Å²) in [5.74, 6) is -0.562. The molecule has 0 spiro atoms. The first kappa shape index (κ1) is 17.4. The molecule has 1 aromatic carbocycles. The van der Waals surface area contributed by atoms with Gasteiger partial charge in [-0.1, -0.05) is 17.0 Å². The van der Waals surface area contributed by atoms with Gasteiger partial charge in [-0.25, -0.2) is 9.78 Å². The van der Waals surface area contributed by atoms with Crippen LogP contribution in [0, 0.1) is 0 Å². The highest BCUT2D eigenvalue weighted by atomic mass is 16.7. The van der Waals surface area contributed by atoms with Crippen LogP contribution in [0.2, 0.25) is 0 Å². The molecule has 27 heavy (non-hydrogen) atoms. The van der Waals surface area contributed by atoms with E-state index in [9.17, 15) is 9.59 Å². The molecule has 0 unspecified atom stereocenters. The highest BCUT2D eigenvalue weighted by Crippen LogP contribution is 2.11. The third kappa shape index (κ3) is 3.74. The van der Waals surface area contributed by atoms with Gasteiger partial charge in [-0.2, -0.15) is 0 Å². The van der Waals surface area contributed by atoms with Crippen LogP contribution < -0.4 is 10.4 Å². The summed E-state index contributed by atoms with van der Waals surface area (Å²) in [5.41, 5.74) is 1.41. The Balaban J connectivity index is 1.43. The van der Waals surface area contributed by atoms with Crippen LogP contribution in [0.25, 0.3) is 11.0 Å². The average molecular weight is 368 g/mol. The Hall–Kier alpha value is -3.04. The van der Waals surface area contributed by atoms with Crippen LogP contribution >= 0.6 is 0 Å². The molecule has 4 rings (SSSR count). The second kappa shape index (κ2) is 7.29. The number of benzene rings is 1. The van der Waals surface area contributed by atoms with E-state index in [0.717, 1.165) is 43.1 Å². The van der Waals surface area contributed by atoms with E-state index in [1.165, 1.54) is 12.5 Å². The smallest absolute Gasteiger partial charge is 0.312 e. The lowest BCUT2D eigenvalue weighted by Gasteiger charge is -2.32. The van der Waals surface area contributed by atoms with Crippen LogP contribution in [-0.4, -0.2) is 68.9 Å². The fourth-order valence-corrected chi connectivity index (χ4v) is 3.04. The van der Waals surface area contributed by atoms with Crippen molar-refractivity contribution in [2.24, 2.45) is 0 Å². The Morgan fingerprint density at radius 3 is 2.67 bits per heavy atom. The predicted molar refractivity (Wildman–Crippen MR) is 98.3 cm³/mol. The normalized spacial score (nSPS) is 15.9. The molecule has 1 aliphatic rings. The summed E-state index contributed by atoms with van der Waals surface area (Å²) >= 11 is 0. The standard InChI is InChI=1S/C18H20N6O3/c1-22-6-8-23(9-7-22)11-13-2-4-14(5-3-13)18(26)27-24-16-15(10-21-24)17(25)20-12-19-16/h2-5,10,12H,6-9,11H2,1H3,(H,19,20,25). The van der Waals surface area contributed by atoms with Crippen molar-refractivity contribution in [2.75, 3.05) is 33.2 Å². The first-order valence-corrected chi connectivity index (χ1v) is 8.74. The lowest BCUT2D eigenvalue weighted by molar-refractivity contribution is 0.0416. The van der Waals surface area contributed by atoms with E-state index in [2.05, 4.69) is 31.9 Å². The Morgan fingerprint density at radius 1 is 1.19 bits per heavy atom. The van der Waals surface area contributed by atoms with Crippen molar-refractivity contribution < 1.29 is 9.63 Å². The van der Waals surface area contributed by atoms with E-state index in [1.807, 2.05) is 12.1 Å². The molecule has 0 radical (unpaired) electrons. The Morgan fingerprint density at radius 2 is 1.93 bits per heavy atom. The SMILES string of the molecule is CN1CCN(Cc2ccc(C(=O)On3ncc4c(=O)[nH]cnc43)cc2)CC1. The summed E-state index contributed by atoms with van der Waals surface area (Å²) in [7, 11) is 2.13. The van der Waals surface area contributed by atoms with Crippen LogP contribution in [-0.2, 0) is 6.54 Å². The van der Waals surface area contributed by atoms with Gasteiger partial charge in [0.1, 0.15) is 5.39 Å². The van der Waals surface area contributed by atoms with Crippen molar-refractivity contribution in [1.82, 2.24) is 29.7 Å². The highest BCUT2D eigenvalue weighted by Gasteiger charge is 2.16. The van der Waals surface area contributed by atoms with E-state index >= 15 is 0 Å². The lowest BCUT2D eigenvalue weighted by Crippen LogP contribution is -2.43. The summed E-state index contributed by atoms with van der Waals surface area (Å²) in [4.78, 5) is 41.4. The van der Waals surface area contributed by atoms with Gasteiger partial charge in [0.2, 0.25) is 5.65 Å². The number of nitrogens with one attached hydrogen (secondary N) is 1. The van der Waals surface area contributed by atoms with E-state index in [1.54, 1.807) is 12.1 Å². The zero-order valence-electron chi connectivity index (χ0n) is 15.0. The largest absolute Gasteiger partial charge is 0.365 e. The average Bonchev–Trinajstić information content (AvgIpc) is 3.08. The molecule has 9 heteroatoms. The molecular formula is C18H20N6O3. The fourth-order valence-electron chi connectivity index (χ4n) is 3.04. The predicted octanol–water partition coefficient (Wildman–Crippen LogP) is 0.136. The van der Waals surface area contributed by atoms with Gasteiger partial charge < -0.3 is 14.7 Å². The summed E-state index contributed by atoms with van der Waals surface area (Å²) in [6.07, 6.45) is 2.55. The van der Waals surface area contributed by atoms with Crippen molar-refractivity contribution >= 4 is 17.0 Å². The van der Waals surface area contributed by atoms with Crippen LogP contribution in [0.1, 0.15) is 15.9 Å². The van der Waals surface area contributed by atoms with Gasteiger partial charge in [-0.05, 0) is 24.7 Å². The molecule has 0 aliphatic carbocycles. The molecule has 9 nitrogen and oxygen atoms in total. The molecule has 1 N–H and O–H groups in total. The quantitative estimate of drug-likeness (QED) is 0.699. The molecule has 0 bridgehead atoms. The van der Waals surface area contributed by atoms with Gasteiger partial charge in [-0.15, -0.1) is 5.10 Å². The van der Waals surface area contributed by atoms with Gasteiger partial charge in [0, 0.05) is 32.7 Å². The number of hydrogen-bond donors (Lipinski definition) is 1. The number of H-pyrrole nitrogens is 1. The van der Waals surface area contributed by atoms with Gasteiger partial charge in [0.25, 0.3) is 5.56 Å². The number of carbonyl (C=O) groups excluding carboxylic acids is 1. The Kier molecular flexibility index (Phi) is 4.69. The van der Waals surface area contributed by atoms with E-state index in [4.69, 9.17) is 4.84 Å². The van der Waals surface area contributed by atoms with Crippen molar-refractivity contribution in [3.05, 3.63) is 58.3 Å². The number of rotatable bonds is 4. The number of hydrogen-bond acceptors (Lipinski definition) is 7. The molecule has 1 fully saturated rings. The van der Waals surface area contributed by atoms with Crippen LogP contribution in [0.5, 0.6) is 0 Å². The maximum atomic E-state index is 12.4. The summed E-state index contributed by atoms with van der Waals surface area (Å²) in [5, 5.41) is 4.16. The Bertz CT molecular complexity index is 1000. The van der Waals surface area contributed by atoms with Gasteiger partial charge >= 0.3 is 5.97 Å². The number of aromatic amines is 1. The number of piperazine rings is 1. The van der Waals surface area contributed by atoms with Crippen LogP contribution in [0.15, 0.2) is 41.6 Å². The maximum absolute atomic E-state index is 12.4. The molecule has 3 aromatic rings. The number of nitrogens with zero attached hydrogens (tertiary/aromatic N) is 5. The van der Waals surface area contributed by atoms with Gasteiger partial charge in [-0.3, -0.25) is 9.69 Å². The summed E-state index contributed by atoms with van der Waals surface area (Å²) in [6, 6.07) is 7.33. The minimum absolute atomic E-state index is 0.193. The first-order chi connectivity index (χ1) is 13.1. The molecule has 1 aliphatic heterocycles. The lowest BCUT2D eigenvalue weighted by atomic mass is 10.1. The zero-order valence-corrected chi connectivity index (χ0v) is 15.0. The topological polar surface area (TPSA) is 96.4 Å². The molecule has 140 valence electrons. The van der Waals surface area contributed by atoms with Crippen molar-refractivity contribution in [2.45, 2.75) is 6.54 Å². The third-order valence-electron chi connectivity index (χ3n) is 4.70. The van der Waals surface area contributed by atoms with Crippen molar-refractivity contribution in [3.8, 4) is 0 Å². The van der Waals surface area contributed by atoms with Gasteiger partial charge in [0.05, 0.1) is 18.1 Å². The molecule has 0 saturated carbocycles. The molecular weight excluding hydrogens is 348 g/mol. The molecule has 0 amide bonds. The molecule has 0 atom stereocenters. The molecule has 1 saturated heterocycles. The third-order valence-corrected chi connectivity index (χ3v) is 4.70. The summed E-state index contributed by atoms with van der Waals surface area (Å²) < 4.78 is 0. The van der Waals surface area contributed by atoms with E-state index < -0.39 is 5.97 Å². The highest BCUT2D eigenvalue weighted by molar-refractivity contribution is 5.90. The second-order valence-corrected chi connectivity index (χ2v) is 6.64. The van der Waals surface area contributed by atoms with Crippen molar-refractivity contribution in [1.29, 1.82) is 0 Å². The minimum atomic E-state index is -0.562. The second-order valence-electron chi connectivity index (χ2n) is 6.64. The molecule has 2 aromatic heterocycles. The van der Waals surface area contributed by atoms with E-state index in [-0.39, 0.29) is 16.6 Å². The fraction of sp³-hybridized carbons (Fsp3) is 0.333. The zero-order chi connectivity index (χ0) is 18.8. The number of fused-ring (bicyclic) bond motifs is 1. The van der Waals surface area contributed by atoms with Crippen LogP contribution in [0.4, 0.5) is 0 Å². The number of likely N-dealkylation sites (N-methyl/N-ethyl adjacent to an activating group) is 1. The van der Waals surface area contributed by atoms with E-state index in [0.29, 0.717) is 5.56 Å². The monoisotopic (exact) mass is 368 g/mol. The summed E-state index contributed by atoms with van der Waals surface area (Å²) in [6.45, 7) is 5.08. The molecule has 3 heterocycles. The van der Waals surface area contributed by atoms with Gasteiger partial charge in [0.15, 0.2) is 0 Å². The van der Waals surface area contributed by atoms with Crippen LogP contribution in [0.3, 0.4) is 0 Å². The number of carbonyl (C=O) groups is 1. The number of aromatic nitrogens is 4. The minimum Gasteiger partial charge on any atom is -0.312 e. The Labute approximate surface area is 155 Å². The first-order valence-electron chi connectivity index (χ1n) is 8.74.